The fraction of sp³-hybridized carbons (Fsp3) is 0.400. The number of nitrogens with zero attached hydrogens (tertiary/aromatic N) is 1. The average molecular weight is 340 g/mol. The Morgan fingerprint density at radius 1 is 1.12 bits per heavy atom. The van der Waals surface area contributed by atoms with Gasteiger partial charge in [-0.25, -0.2) is 0 Å². The molecule has 3 rings (SSSR count). The highest BCUT2D eigenvalue weighted by Gasteiger charge is 2.28. The summed E-state index contributed by atoms with van der Waals surface area (Å²) in [5, 5.41) is 0. The number of H-pyrrole nitrogens is 1. The highest BCUT2D eigenvalue weighted by atomic mass is 16.5. The van der Waals surface area contributed by atoms with Gasteiger partial charge >= 0.3 is 0 Å². The molecular formula is C20H24N2O3. The van der Waals surface area contributed by atoms with Crippen LogP contribution in [0.3, 0.4) is 0 Å². The summed E-state index contributed by atoms with van der Waals surface area (Å²) in [6.07, 6.45) is 4.04. The molecule has 25 heavy (non-hydrogen) atoms. The molecule has 1 amide bonds. The van der Waals surface area contributed by atoms with Crippen LogP contribution in [0.2, 0.25) is 0 Å². The molecule has 1 aromatic heterocycles. The van der Waals surface area contributed by atoms with E-state index < -0.39 is 0 Å². The fourth-order valence-electron chi connectivity index (χ4n) is 3.42. The van der Waals surface area contributed by atoms with E-state index in [2.05, 4.69) is 4.98 Å². The van der Waals surface area contributed by atoms with Gasteiger partial charge in [0.1, 0.15) is 11.3 Å². The number of hydrogen-bond donors (Lipinski definition) is 1. The second-order valence-electron chi connectivity index (χ2n) is 6.52. The van der Waals surface area contributed by atoms with Crippen LogP contribution in [0.25, 0.3) is 0 Å². The number of aromatic amines is 1. The van der Waals surface area contributed by atoms with Crippen molar-refractivity contribution in [2.45, 2.75) is 38.6 Å². The van der Waals surface area contributed by atoms with Gasteiger partial charge in [-0.3, -0.25) is 9.59 Å². The Morgan fingerprint density at radius 2 is 1.88 bits per heavy atom. The maximum atomic E-state index is 13.1. The molecule has 5 nitrogen and oxygen atoms in total. The van der Waals surface area contributed by atoms with Gasteiger partial charge in [0.2, 0.25) is 0 Å². The Morgan fingerprint density at radius 3 is 2.56 bits per heavy atom. The molecule has 0 spiro atoms. The zero-order valence-electron chi connectivity index (χ0n) is 14.7. The first-order valence-corrected chi connectivity index (χ1v) is 8.75. The molecule has 1 aromatic carbocycles. The number of nitrogens with one attached hydrogen (secondary N) is 1. The summed E-state index contributed by atoms with van der Waals surface area (Å²) >= 11 is 0. The van der Waals surface area contributed by atoms with Crippen molar-refractivity contribution in [3.63, 3.8) is 0 Å². The number of rotatable bonds is 3. The summed E-state index contributed by atoms with van der Waals surface area (Å²) in [6, 6.07) is 11.2. The lowest BCUT2D eigenvalue weighted by Gasteiger charge is -2.30. The molecule has 2 heterocycles. The Hall–Kier alpha value is -2.56. The molecule has 0 aliphatic carbocycles. The van der Waals surface area contributed by atoms with Crippen LogP contribution in [0, 0.1) is 6.92 Å². The van der Waals surface area contributed by atoms with Gasteiger partial charge in [-0.15, -0.1) is 0 Å². The first-order valence-electron chi connectivity index (χ1n) is 8.75. The van der Waals surface area contributed by atoms with Crippen LogP contribution < -0.4 is 10.3 Å². The van der Waals surface area contributed by atoms with Gasteiger partial charge in [0.25, 0.3) is 11.5 Å². The second-order valence-corrected chi connectivity index (χ2v) is 6.52. The number of benzene rings is 1. The van der Waals surface area contributed by atoms with Gasteiger partial charge < -0.3 is 14.6 Å². The third-order valence-electron chi connectivity index (χ3n) is 4.80. The van der Waals surface area contributed by atoms with Crippen LogP contribution in [0.5, 0.6) is 5.75 Å². The molecule has 5 heteroatoms. The number of ether oxygens (including phenoxy) is 1. The van der Waals surface area contributed by atoms with Crippen LogP contribution in [-0.4, -0.2) is 29.4 Å². The average Bonchev–Trinajstić information content (AvgIpc) is 2.87. The first kappa shape index (κ1) is 17.3. The highest BCUT2D eigenvalue weighted by molar-refractivity contribution is 5.94. The molecule has 0 unspecified atom stereocenters. The number of methoxy groups -OCH3 is 1. The molecule has 1 atom stereocenters. The van der Waals surface area contributed by atoms with Crippen molar-refractivity contribution in [2.24, 2.45) is 0 Å². The van der Waals surface area contributed by atoms with E-state index >= 15 is 0 Å². The Kier molecular flexibility index (Phi) is 5.22. The van der Waals surface area contributed by atoms with Crippen LogP contribution in [0.1, 0.15) is 53.3 Å². The molecule has 1 N–H and O–H groups in total. The van der Waals surface area contributed by atoms with Gasteiger partial charge in [-0.1, -0.05) is 25.0 Å². The minimum atomic E-state index is -0.317. The minimum Gasteiger partial charge on any atom is -0.497 e. The van der Waals surface area contributed by atoms with E-state index in [1.165, 1.54) is 0 Å². The number of aromatic nitrogens is 1. The largest absolute Gasteiger partial charge is 0.497 e. The topological polar surface area (TPSA) is 62.4 Å². The lowest BCUT2D eigenvalue weighted by atomic mass is 10.00. The molecule has 132 valence electrons. The SMILES string of the molecule is COc1ccc([C@@H]2CCCCCN2C(=O)c2ccc(C)[nH]c2=O)cc1. The molecule has 2 aromatic rings. The van der Waals surface area contributed by atoms with Gasteiger partial charge in [0.15, 0.2) is 0 Å². The van der Waals surface area contributed by atoms with E-state index in [9.17, 15) is 9.59 Å². The molecule has 0 saturated carbocycles. The monoisotopic (exact) mass is 340 g/mol. The van der Waals surface area contributed by atoms with Crippen molar-refractivity contribution in [3.8, 4) is 5.75 Å². The number of hydrogen-bond acceptors (Lipinski definition) is 3. The fourth-order valence-corrected chi connectivity index (χ4v) is 3.42. The zero-order valence-corrected chi connectivity index (χ0v) is 14.7. The number of pyridine rings is 1. The summed E-state index contributed by atoms with van der Waals surface area (Å²) in [7, 11) is 1.64. The van der Waals surface area contributed by atoms with Gasteiger partial charge in [0.05, 0.1) is 13.2 Å². The maximum absolute atomic E-state index is 13.1. The van der Waals surface area contributed by atoms with Crippen molar-refractivity contribution in [1.82, 2.24) is 9.88 Å². The molecule has 1 saturated heterocycles. The van der Waals surface area contributed by atoms with Gasteiger partial charge in [-0.2, -0.15) is 0 Å². The van der Waals surface area contributed by atoms with Crippen LogP contribution in [-0.2, 0) is 0 Å². The number of likely N-dealkylation sites (tertiary alicyclic amines) is 1. The molecular weight excluding hydrogens is 316 g/mol. The molecule has 1 aliphatic heterocycles. The number of carbonyl (C=O) groups excluding carboxylic acids is 1. The molecule has 1 aliphatic rings. The van der Waals surface area contributed by atoms with E-state index in [1.807, 2.05) is 36.1 Å². The van der Waals surface area contributed by atoms with Crippen molar-refractivity contribution in [1.29, 1.82) is 0 Å². The first-order chi connectivity index (χ1) is 12.1. The third-order valence-corrected chi connectivity index (χ3v) is 4.80. The van der Waals surface area contributed by atoms with Crippen molar-refractivity contribution < 1.29 is 9.53 Å². The van der Waals surface area contributed by atoms with E-state index in [0.717, 1.165) is 42.7 Å². The summed E-state index contributed by atoms with van der Waals surface area (Å²) in [5.74, 6) is 0.606. The van der Waals surface area contributed by atoms with Crippen LogP contribution in [0.15, 0.2) is 41.2 Å². The van der Waals surface area contributed by atoms with Crippen LogP contribution >= 0.6 is 0 Å². The van der Waals surface area contributed by atoms with Crippen molar-refractivity contribution >= 4 is 5.91 Å². The molecule has 1 fully saturated rings. The van der Waals surface area contributed by atoms with Crippen molar-refractivity contribution in [3.05, 3.63) is 63.6 Å². The Balaban J connectivity index is 1.94. The van der Waals surface area contributed by atoms with E-state index in [1.54, 1.807) is 19.2 Å². The summed E-state index contributed by atoms with van der Waals surface area (Å²) in [6.45, 7) is 2.48. The predicted octanol–water partition coefficient (Wildman–Crippen LogP) is 3.45. The van der Waals surface area contributed by atoms with E-state index in [-0.39, 0.29) is 23.1 Å². The summed E-state index contributed by atoms with van der Waals surface area (Å²) in [5.41, 5.74) is 1.73. The zero-order chi connectivity index (χ0) is 17.8. The number of amides is 1. The Bertz CT molecular complexity index is 795. The lowest BCUT2D eigenvalue weighted by molar-refractivity contribution is 0.0679. The lowest BCUT2D eigenvalue weighted by Crippen LogP contribution is -2.37. The van der Waals surface area contributed by atoms with Gasteiger partial charge in [-0.05, 0) is 49.6 Å². The highest BCUT2D eigenvalue weighted by Crippen LogP contribution is 2.32. The minimum absolute atomic E-state index is 0.0124. The second kappa shape index (κ2) is 7.55. The summed E-state index contributed by atoms with van der Waals surface area (Å²) in [4.78, 5) is 29.9. The van der Waals surface area contributed by atoms with Gasteiger partial charge in [0, 0.05) is 12.2 Å². The van der Waals surface area contributed by atoms with E-state index in [4.69, 9.17) is 4.74 Å². The quantitative estimate of drug-likeness (QED) is 0.931. The molecule has 0 radical (unpaired) electrons. The predicted molar refractivity (Wildman–Crippen MR) is 97.0 cm³/mol. The standard InChI is InChI=1S/C20H24N2O3/c1-14-7-12-17(19(23)21-14)20(24)22-13-5-3-4-6-18(22)15-8-10-16(25-2)11-9-15/h7-12,18H,3-6,13H2,1-2H3,(H,21,23)/t18-/m0/s1. The maximum Gasteiger partial charge on any atom is 0.260 e. The third kappa shape index (κ3) is 3.76. The molecule has 0 bridgehead atoms. The van der Waals surface area contributed by atoms with Crippen molar-refractivity contribution in [2.75, 3.05) is 13.7 Å². The van der Waals surface area contributed by atoms with E-state index in [0.29, 0.717) is 6.54 Å². The Labute approximate surface area is 147 Å². The number of aryl methyl sites for hydroxylation is 1. The van der Waals surface area contributed by atoms with Crippen LogP contribution in [0.4, 0.5) is 0 Å². The summed E-state index contributed by atoms with van der Waals surface area (Å²) < 4.78 is 5.23. The smallest absolute Gasteiger partial charge is 0.260 e. The number of carbonyl (C=O) groups is 1. The normalized spacial score (nSPS) is 17.8.